The quantitative estimate of drug-likeness (QED) is 0.327. The number of rotatable bonds is 3. The Labute approximate surface area is 212 Å². The number of carbonyl (C=O) groups is 1. The van der Waals surface area contributed by atoms with Crippen molar-refractivity contribution < 1.29 is 4.79 Å². The van der Waals surface area contributed by atoms with Crippen LogP contribution in [-0.2, 0) is 13.5 Å². The minimum atomic E-state index is -0.131. The molecule has 4 aromatic rings. The molecule has 0 aliphatic carbocycles. The van der Waals surface area contributed by atoms with Crippen molar-refractivity contribution in [3.63, 3.8) is 0 Å². The fraction of sp³-hybridized carbons (Fsp3) is 0.370. The highest BCUT2D eigenvalue weighted by molar-refractivity contribution is 7.99. The second-order valence-electron chi connectivity index (χ2n) is 7.75. The summed E-state index contributed by atoms with van der Waals surface area (Å²) in [6.45, 7) is 9.94. The van der Waals surface area contributed by atoms with E-state index in [2.05, 4.69) is 31.2 Å². The average Bonchev–Trinajstić information content (AvgIpc) is 3.47. The first-order chi connectivity index (χ1) is 17.0. The zero-order valence-corrected chi connectivity index (χ0v) is 22.5. The minimum Gasteiger partial charge on any atom is -0.354 e. The zero-order chi connectivity index (χ0) is 25.5. The number of nitrogens with zero attached hydrogens (tertiary/aromatic N) is 4. The van der Waals surface area contributed by atoms with Crippen molar-refractivity contribution in [1.29, 1.82) is 0 Å². The van der Waals surface area contributed by atoms with E-state index in [1.807, 2.05) is 96.3 Å². The normalized spacial score (nSPS) is 14.2. The van der Waals surface area contributed by atoms with Gasteiger partial charge in [0.05, 0.1) is 27.0 Å². The molecule has 1 aromatic carbocycles. The van der Waals surface area contributed by atoms with Crippen LogP contribution in [0.15, 0.2) is 53.8 Å². The highest BCUT2D eigenvalue weighted by Gasteiger charge is 2.26. The summed E-state index contributed by atoms with van der Waals surface area (Å²) in [4.78, 5) is 22.6. The molecule has 4 heterocycles. The molecule has 0 bridgehead atoms. The van der Waals surface area contributed by atoms with Gasteiger partial charge in [-0.05, 0) is 50.1 Å². The summed E-state index contributed by atoms with van der Waals surface area (Å²) in [5.74, 6) is 1.10. The average molecular weight is 493 g/mol. The monoisotopic (exact) mass is 492 g/mol. The van der Waals surface area contributed by atoms with Crippen LogP contribution in [0.25, 0.3) is 10.9 Å². The predicted octanol–water partition coefficient (Wildman–Crippen LogP) is 6.84. The van der Waals surface area contributed by atoms with E-state index in [4.69, 9.17) is 0 Å². The first kappa shape index (κ1) is 26.3. The van der Waals surface area contributed by atoms with Crippen LogP contribution in [0.5, 0.6) is 0 Å². The van der Waals surface area contributed by atoms with Gasteiger partial charge in [-0.3, -0.25) is 9.55 Å². The number of thioether (sulfide) groups is 1. The van der Waals surface area contributed by atoms with Crippen LogP contribution in [0.1, 0.15) is 56.6 Å². The van der Waals surface area contributed by atoms with Gasteiger partial charge in [-0.1, -0.05) is 27.7 Å². The van der Waals surface area contributed by atoms with Gasteiger partial charge in [-0.2, -0.15) is 0 Å². The molecule has 0 saturated carbocycles. The van der Waals surface area contributed by atoms with Crippen molar-refractivity contribution >= 4 is 40.1 Å². The van der Waals surface area contributed by atoms with Crippen LogP contribution in [-0.4, -0.2) is 32.2 Å². The largest absolute Gasteiger partial charge is 0.354 e. The Balaban J connectivity index is 0.000000815. The number of nitrogens with one attached hydrogen (secondary N) is 2. The topological polar surface area (TPSA) is 76.8 Å². The zero-order valence-electron chi connectivity index (χ0n) is 21.7. The summed E-state index contributed by atoms with van der Waals surface area (Å²) in [5.41, 5.74) is 4.96. The number of aryl methyl sites for hydroxylation is 3. The van der Waals surface area contributed by atoms with E-state index < -0.39 is 0 Å². The minimum absolute atomic E-state index is 0.131. The molecule has 2 N–H and O–H groups in total. The van der Waals surface area contributed by atoms with E-state index >= 15 is 0 Å². The van der Waals surface area contributed by atoms with Crippen molar-refractivity contribution in [1.82, 2.24) is 24.4 Å². The number of amides is 1. The van der Waals surface area contributed by atoms with Crippen LogP contribution >= 0.6 is 11.8 Å². The number of hydrogen-bond donors (Lipinski definition) is 2. The van der Waals surface area contributed by atoms with Crippen LogP contribution in [0.2, 0.25) is 0 Å². The second-order valence-corrected chi connectivity index (χ2v) is 8.96. The molecule has 1 unspecified atom stereocenters. The van der Waals surface area contributed by atoms with Crippen molar-refractivity contribution in [3.8, 4) is 0 Å². The number of carbonyl (C=O) groups excluding carboxylic acids is 1. The third-order valence-corrected chi connectivity index (χ3v) is 7.13. The molecular weight excluding hydrogens is 456 g/mol. The van der Waals surface area contributed by atoms with Gasteiger partial charge in [0, 0.05) is 49.5 Å². The van der Waals surface area contributed by atoms with Gasteiger partial charge in [0.15, 0.2) is 0 Å². The number of benzene rings is 1. The van der Waals surface area contributed by atoms with Gasteiger partial charge < -0.3 is 15.2 Å². The Hall–Kier alpha value is -3.26. The van der Waals surface area contributed by atoms with Crippen molar-refractivity contribution in [2.24, 2.45) is 7.05 Å². The fourth-order valence-electron chi connectivity index (χ4n) is 4.21. The summed E-state index contributed by atoms with van der Waals surface area (Å²) in [6, 6.07) is 10.0. The van der Waals surface area contributed by atoms with E-state index in [0.29, 0.717) is 5.25 Å². The molecule has 0 saturated heterocycles. The molecule has 7 nitrogen and oxygen atoms in total. The molecule has 8 heteroatoms. The van der Waals surface area contributed by atoms with E-state index in [0.717, 1.165) is 52.3 Å². The first-order valence-electron chi connectivity index (χ1n) is 12.3. The number of pyridine rings is 1. The highest BCUT2D eigenvalue weighted by Crippen LogP contribution is 2.47. The van der Waals surface area contributed by atoms with Crippen molar-refractivity contribution in [2.45, 2.75) is 57.6 Å². The number of imidazole rings is 1. The molecular formula is C27H36N6OS. The molecule has 5 rings (SSSR count). The first-order valence-corrected chi connectivity index (χ1v) is 13.2. The van der Waals surface area contributed by atoms with Crippen molar-refractivity contribution in [3.05, 3.63) is 66.1 Å². The maximum Gasteiger partial charge on any atom is 0.325 e. The summed E-state index contributed by atoms with van der Waals surface area (Å²) >= 11 is 1.83. The molecule has 1 aliphatic heterocycles. The van der Waals surface area contributed by atoms with Gasteiger partial charge in [0.25, 0.3) is 0 Å². The van der Waals surface area contributed by atoms with E-state index in [-0.39, 0.29) is 6.03 Å². The Morgan fingerprint density at radius 2 is 1.86 bits per heavy atom. The lowest BCUT2D eigenvalue weighted by atomic mass is 10.1. The van der Waals surface area contributed by atoms with Gasteiger partial charge in [-0.15, -0.1) is 11.8 Å². The summed E-state index contributed by atoms with van der Waals surface area (Å²) in [6.07, 6.45) is 7.68. The molecule has 0 fully saturated rings. The van der Waals surface area contributed by atoms with Gasteiger partial charge in [-0.25, -0.2) is 9.78 Å². The van der Waals surface area contributed by atoms with Crippen LogP contribution in [0, 0.1) is 6.92 Å². The lowest BCUT2D eigenvalue weighted by molar-refractivity contribution is 0.245. The smallest absolute Gasteiger partial charge is 0.325 e. The van der Waals surface area contributed by atoms with E-state index in [1.165, 1.54) is 4.90 Å². The Kier molecular flexibility index (Phi) is 8.98. The fourth-order valence-corrected chi connectivity index (χ4v) is 5.60. The molecule has 3 aromatic heterocycles. The van der Waals surface area contributed by atoms with E-state index in [9.17, 15) is 4.79 Å². The maximum atomic E-state index is 12.2. The molecule has 35 heavy (non-hydrogen) atoms. The van der Waals surface area contributed by atoms with Crippen LogP contribution in [0.4, 0.5) is 16.2 Å². The Bertz CT molecular complexity index is 1290. The third-order valence-electron chi connectivity index (χ3n) is 5.71. The van der Waals surface area contributed by atoms with E-state index in [1.54, 1.807) is 11.6 Å². The second kappa shape index (κ2) is 11.9. The molecule has 1 amide bonds. The molecule has 186 valence electrons. The molecule has 0 radical (unpaired) electrons. The summed E-state index contributed by atoms with van der Waals surface area (Å²) < 4.78 is 3.79. The number of aromatic nitrogens is 4. The summed E-state index contributed by atoms with van der Waals surface area (Å²) in [5, 5.41) is 7.61. The van der Waals surface area contributed by atoms with Gasteiger partial charge in [0.2, 0.25) is 0 Å². The lowest BCUT2D eigenvalue weighted by Crippen LogP contribution is -2.25. The van der Waals surface area contributed by atoms with Crippen LogP contribution < -0.4 is 10.6 Å². The molecule has 1 aliphatic rings. The number of fused-ring (bicyclic) bond motifs is 2. The molecule has 1 atom stereocenters. The maximum absolute atomic E-state index is 12.2. The predicted molar refractivity (Wildman–Crippen MR) is 147 cm³/mol. The van der Waals surface area contributed by atoms with Crippen molar-refractivity contribution in [2.75, 3.05) is 12.4 Å². The highest BCUT2D eigenvalue weighted by atomic mass is 32.2. The number of hydrogen-bond acceptors (Lipinski definition) is 5. The lowest BCUT2D eigenvalue weighted by Gasteiger charge is -2.25. The van der Waals surface area contributed by atoms with Crippen LogP contribution in [0.3, 0.4) is 0 Å². The third kappa shape index (κ3) is 5.37. The van der Waals surface area contributed by atoms with Gasteiger partial charge >= 0.3 is 6.03 Å². The van der Waals surface area contributed by atoms with Gasteiger partial charge in [0.1, 0.15) is 5.82 Å². The standard InChI is InChI=1S/C23H24N6OS.2C2H6/c1-14-12-15-13-16(4-6-19(15)29(14)23(30)24-2)27-18-8-9-25-17-5-7-20(31-21(17)18)22-26-10-11-28(22)3;2*1-2/h4,6,8-13,20H,5,7H2,1-3H3,(H,24,30)(H,25,27);2*1-2H3. The number of anilines is 2. The Morgan fingerprint density at radius 3 is 2.54 bits per heavy atom. The summed E-state index contributed by atoms with van der Waals surface area (Å²) in [7, 11) is 3.69. The molecule has 0 spiro atoms. The Morgan fingerprint density at radius 1 is 1.09 bits per heavy atom. The SMILES string of the molecule is CC.CC.CNC(=O)n1c(C)cc2cc(Nc3ccnc4c3SC(c3nccn3C)CC4)ccc21.